The molecule has 0 amide bonds. The number of carboxylic acids is 1. The summed E-state index contributed by atoms with van der Waals surface area (Å²) in [6, 6.07) is 5.61. The van der Waals surface area contributed by atoms with Crippen molar-refractivity contribution in [1.82, 2.24) is 15.1 Å². The van der Waals surface area contributed by atoms with Crippen molar-refractivity contribution in [2.75, 3.05) is 13.1 Å². The third-order valence-electron chi connectivity index (χ3n) is 4.23. The van der Waals surface area contributed by atoms with Crippen molar-refractivity contribution < 1.29 is 9.90 Å². The van der Waals surface area contributed by atoms with E-state index < -0.39 is 5.97 Å². The topological polar surface area (TPSA) is 67.2 Å². The molecule has 2 heterocycles. The predicted molar refractivity (Wildman–Crippen MR) is 85.1 cm³/mol. The molecule has 5 nitrogen and oxygen atoms in total. The van der Waals surface area contributed by atoms with Gasteiger partial charge in [-0.25, -0.2) is 9.48 Å². The molecule has 1 aromatic carbocycles. The van der Waals surface area contributed by atoms with E-state index in [9.17, 15) is 9.90 Å². The van der Waals surface area contributed by atoms with Gasteiger partial charge in [0.1, 0.15) is 5.56 Å². The van der Waals surface area contributed by atoms with E-state index in [0.717, 1.165) is 42.9 Å². The highest BCUT2D eigenvalue weighted by atomic mass is 35.5. The third-order valence-corrected chi connectivity index (χ3v) is 4.64. The largest absolute Gasteiger partial charge is 0.478 e. The van der Waals surface area contributed by atoms with Gasteiger partial charge in [0.15, 0.2) is 0 Å². The normalized spacial score (nSPS) is 15.9. The second-order valence-corrected chi connectivity index (χ2v) is 5.98. The Kier molecular flexibility index (Phi) is 4.18. The lowest BCUT2D eigenvalue weighted by atomic mass is 9.92. The van der Waals surface area contributed by atoms with E-state index in [2.05, 4.69) is 10.4 Å². The molecule has 116 valence electrons. The fraction of sp³-hybridized carbons (Fsp3) is 0.375. The summed E-state index contributed by atoms with van der Waals surface area (Å²) in [6.07, 6.45) is 3.26. The second-order valence-electron chi connectivity index (χ2n) is 5.57. The summed E-state index contributed by atoms with van der Waals surface area (Å²) in [7, 11) is 0. The summed E-state index contributed by atoms with van der Waals surface area (Å²) < 4.78 is 1.75. The second kappa shape index (κ2) is 6.10. The number of halogens is 1. The van der Waals surface area contributed by atoms with Gasteiger partial charge in [-0.15, -0.1) is 0 Å². The molecular weight excluding hydrogens is 302 g/mol. The Balaban J connectivity index is 2.15. The lowest BCUT2D eigenvalue weighted by molar-refractivity contribution is 0.0694. The van der Waals surface area contributed by atoms with E-state index in [1.807, 2.05) is 25.1 Å². The molecule has 1 aromatic heterocycles. The number of rotatable bonds is 3. The molecule has 22 heavy (non-hydrogen) atoms. The molecule has 3 rings (SSSR count). The van der Waals surface area contributed by atoms with Gasteiger partial charge in [0.25, 0.3) is 0 Å². The Morgan fingerprint density at radius 2 is 2.14 bits per heavy atom. The maximum Gasteiger partial charge on any atom is 0.339 e. The smallest absolute Gasteiger partial charge is 0.339 e. The predicted octanol–water partition coefficient (Wildman–Crippen LogP) is 3.00. The number of hydrogen-bond donors (Lipinski definition) is 2. The van der Waals surface area contributed by atoms with E-state index in [-0.39, 0.29) is 11.5 Å². The van der Waals surface area contributed by atoms with Crippen molar-refractivity contribution in [1.29, 1.82) is 0 Å². The van der Waals surface area contributed by atoms with Crippen LogP contribution in [-0.2, 0) is 0 Å². The van der Waals surface area contributed by atoms with Gasteiger partial charge in [-0.1, -0.05) is 17.7 Å². The Bertz CT molecular complexity index is 705. The van der Waals surface area contributed by atoms with Crippen LogP contribution in [0.3, 0.4) is 0 Å². The molecule has 6 heteroatoms. The van der Waals surface area contributed by atoms with E-state index in [1.54, 1.807) is 4.68 Å². The van der Waals surface area contributed by atoms with Crippen LogP contribution in [0.1, 0.15) is 40.4 Å². The van der Waals surface area contributed by atoms with Gasteiger partial charge < -0.3 is 10.4 Å². The van der Waals surface area contributed by atoms with Crippen molar-refractivity contribution in [2.45, 2.75) is 25.7 Å². The Hall–Kier alpha value is -1.85. The van der Waals surface area contributed by atoms with Crippen LogP contribution in [0.2, 0.25) is 5.02 Å². The molecule has 0 saturated carbocycles. The zero-order chi connectivity index (χ0) is 15.7. The Labute approximate surface area is 133 Å². The first kappa shape index (κ1) is 15.1. The van der Waals surface area contributed by atoms with E-state index in [0.29, 0.717) is 5.02 Å². The molecule has 1 aliphatic heterocycles. The lowest BCUT2D eigenvalue weighted by Crippen LogP contribution is -2.28. The van der Waals surface area contributed by atoms with Gasteiger partial charge in [-0.05, 0) is 50.6 Å². The zero-order valence-corrected chi connectivity index (χ0v) is 13.1. The molecule has 1 aliphatic rings. The Morgan fingerprint density at radius 3 is 2.82 bits per heavy atom. The quantitative estimate of drug-likeness (QED) is 0.912. The van der Waals surface area contributed by atoms with Crippen LogP contribution in [-0.4, -0.2) is 33.9 Å². The van der Waals surface area contributed by atoms with Crippen LogP contribution in [0, 0.1) is 6.92 Å². The monoisotopic (exact) mass is 319 g/mol. The average molecular weight is 320 g/mol. The van der Waals surface area contributed by atoms with Gasteiger partial charge in [0.05, 0.1) is 17.6 Å². The summed E-state index contributed by atoms with van der Waals surface area (Å²) in [5, 5.41) is 17.8. The minimum atomic E-state index is -0.931. The molecule has 0 radical (unpaired) electrons. The lowest BCUT2D eigenvalue weighted by Gasteiger charge is -2.24. The maximum absolute atomic E-state index is 11.6. The number of carbonyl (C=O) groups is 1. The molecule has 0 aliphatic carbocycles. The fourth-order valence-electron chi connectivity index (χ4n) is 3.03. The van der Waals surface area contributed by atoms with Gasteiger partial charge in [-0.3, -0.25) is 0 Å². The standard InChI is InChI=1S/C16H18ClN3O2/c1-10-13(17)3-2-4-14(10)20-15(11-5-7-18-8-6-11)12(9-19-20)16(21)22/h2-4,9,11,18H,5-8H2,1H3,(H,21,22). The summed E-state index contributed by atoms with van der Waals surface area (Å²) >= 11 is 6.20. The van der Waals surface area contributed by atoms with Crippen LogP contribution in [0.25, 0.3) is 5.69 Å². The number of carboxylic acid groups (broad SMARTS) is 1. The van der Waals surface area contributed by atoms with Gasteiger partial charge in [0.2, 0.25) is 0 Å². The number of aromatic carboxylic acids is 1. The molecule has 0 bridgehead atoms. The molecule has 1 fully saturated rings. The highest BCUT2D eigenvalue weighted by Gasteiger charge is 2.27. The summed E-state index contributed by atoms with van der Waals surface area (Å²) in [6.45, 7) is 3.71. The van der Waals surface area contributed by atoms with Crippen molar-refractivity contribution in [3.05, 3.63) is 46.2 Å². The zero-order valence-electron chi connectivity index (χ0n) is 12.3. The van der Waals surface area contributed by atoms with Crippen molar-refractivity contribution in [2.24, 2.45) is 0 Å². The van der Waals surface area contributed by atoms with Crippen LogP contribution >= 0.6 is 11.6 Å². The van der Waals surface area contributed by atoms with E-state index in [4.69, 9.17) is 11.6 Å². The highest BCUT2D eigenvalue weighted by molar-refractivity contribution is 6.31. The van der Waals surface area contributed by atoms with E-state index >= 15 is 0 Å². The van der Waals surface area contributed by atoms with Crippen molar-refractivity contribution in [3.8, 4) is 5.69 Å². The number of nitrogens with one attached hydrogen (secondary N) is 1. The first-order valence-corrected chi connectivity index (χ1v) is 7.75. The maximum atomic E-state index is 11.6. The molecule has 2 N–H and O–H groups in total. The number of benzene rings is 1. The van der Waals surface area contributed by atoms with Crippen LogP contribution < -0.4 is 5.32 Å². The first-order chi connectivity index (χ1) is 10.6. The summed E-state index contributed by atoms with van der Waals surface area (Å²) in [5.41, 5.74) is 2.80. The molecule has 1 saturated heterocycles. The minimum absolute atomic E-state index is 0.188. The van der Waals surface area contributed by atoms with Crippen LogP contribution in [0.5, 0.6) is 0 Å². The number of aromatic nitrogens is 2. The molecule has 0 atom stereocenters. The first-order valence-electron chi connectivity index (χ1n) is 7.37. The molecule has 0 spiro atoms. The highest BCUT2D eigenvalue weighted by Crippen LogP contribution is 2.32. The van der Waals surface area contributed by atoms with Crippen LogP contribution in [0.4, 0.5) is 0 Å². The average Bonchev–Trinajstić information content (AvgIpc) is 2.96. The van der Waals surface area contributed by atoms with Crippen LogP contribution in [0.15, 0.2) is 24.4 Å². The van der Waals surface area contributed by atoms with Gasteiger partial charge in [-0.2, -0.15) is 5.10 Å². The van der Waals surface area contributed by atoms with Gasteiger partial charge >= 0.3 is 5.97 Å². The molecular formula is C16H18ClN3O2. The summed E-state index contributed by atoms with van der Waals surface area (Å²) in [4.78, 5) is 11.6. The fourth-order valence-corrected chi connectivity index (χ4v) is 3.20. The SMILES string of the molecule is Cc1c(Cl)cccc1-n1ncc(C(=O)O)c1C1CCNCC1. The van der Waals surface area contributed by atoms with Crippen molar-refractivity contribution >= 4 is 17.6 Å². The summed E-state index contributed by atoms with van der Waals surface area (Å²) in [5.74, 6) is -0.743. The van der Waals surface area contributed by atoms with E-state index in [1.165, 1.54) is 6.20 Å². The van der Waals surface area contributed by atoms with Crippen molar-refractivity contribution in [3.63, 3.8) is 0 Å². The minimum Gasteiger partial charge on any atom is -0.478 e. The molecule has 0 unspecified atom stereocenters. The Morgan fingerprint density at radius 1 is 1.41 bits per heavy atom. The van der Waals surface area contributed by atoms with Gasteiger partial charge in [0, 0.05) is 10.9 Å². The number of hydrogen-bond acceptors (Lipinski definition) is 3. The molecule has 2 aromatic rings. The number of piperidine rings is 1. The third kappa shape index (κ3) is 2.62. The number of nitrogens with zero attached hydrogens (tertiary/aromatic N) is 2.